The highest BCUT2D eigenvalue weighted by atomic mass is 28.4. The summed E-state index contributed by atoms with van der Waals surface area (Å²) in [5.74, 6) is -0.321. The van der Waals surface area contributed by atoms with Crippen molar-refractivity contribution in [1.82, 2.24) is 5.32 Å². The van der Waals surface area contributed by atoms with E-state index in [1.807, 2.05) is 6.92 Å². The third-order valence-electron chi connectivity index (χ3n) is 5.82. The van der Waals surface area contributed by atoms with E-state index in [0.717, 1.165) is 32.0 Å². The second-order valence-corrected chi connectivity index (χ2v) is 12.3. The fourth-order valence-corrected chi connectivity index (χ4v) is 4.75. The molecule has 31 heavy (non-hydrogen) atoms. The minimum atomic E-state index is -1.99. The van der Waals surface area contributed by atoms with Crippen LogP contribution in [-0.4, -0.2) is 61.7 Å². The second kappa shape index (κ2) is 21.4. The molecule has 0 saturated carbocycles. The average Bonchev–Trinajstić information content (AvgIpc) is 2.78. The Labute approximate surface area is 193 Å². The monoisotopic (exact) mass is 461 g/mol. The summed E-state index contributed by atoms with van der Waals surface area (Å²) >= 11 is 0. The molecule has 0 aromatic carbocycles. The normalized spacial score (nSPS) is 12.8. The number of carbonyl (C=O) groups is 1. The summed E-state index contributed by atoms with van der Waals surface area (Å²) in [7, 11) is 1.43. The van der Waals surface area contributed by atoms with Gasteiger partial charge in [-0.3, -0.25) is 4.79 Å². The van der Waals surface area contributed by atoms with Crippen LogP contribution in [-0.2, 0) is 23.1 Å². The molecule has 0 heterocycles. The van der Waals surface area contributed by atoms with Crippen LogP contribution in [0.25, 0.3) is 0 Å². The molecule has 1 atom stereocenters. The molecule has 0 saturated heterocycles. The average molecular weight is 462 g/mol. The van der Waals surface area contributed by atoms with E-state index < -0.39 is 8.56 Å². The Hall–Kier alpha value is -0.473. The lowest BCUT2D eigenvalue weighted by Crippen LogP contribution is -2.37. The van der Waals surface area contributed by atoms with Gasteiger partial charge in [0.2, 0.25) is 0 Å². The Balaban J connectivity index is 3.43. The van der Waals surface area contributed by atoms with E-state index in [9.17, 15) is 4.79 Å². The predicted molar refractivity (Wildman–Crippen MR) is 131 cm³/mol. The molecular formula is C24H51NO5Si. The Morgan fingerprint density at radius 3 is 2.00 bits per heavy atom. The summed E-state index contributed by atoms with van der Waals surface area (Å²) in [4.78, 5) is 12.0. The van der Waals surface area contributed by atoms with Crippen LogP contribution >= 0.6 is 0 Å². The first kappa shape index (κ1) is 30.5. The van der Waals surface area contributed by atoms with Crippen LogP contribution in [0.1, 0.15) is 84.5 Å². The molecule has 6 nitrogen and oxygen atoms in total. The predicted octanol–water partition coefficient (Wildman–Crippen LogP) is 5.45. The quantitative estimate of drug-likeness (QED) is 0.124. The number of hydrogen-bond acceptors (Lipinski definition) is 6. The summed E-state index contributed by atoms with van der Waals surface area (Å²) in [6.45, 7) is 9.26. The molecule has 7 heteroatoms. The van der Waals surface area contributed by atoms with Crippen LogP contribution < -0.4 is 5.32 Å². The zero-order chi connectivity index (χ0) is 23.2. The van der Waals surface area contributed by atoms with Gasteiger partial charge in [-0.15, -0.1) is 0 Å². The van der Waals surface area contributed by atoms with Crippen molar-refractivity contribution in [3.05, 3.63) is 0 Å². The van der Waals surface area contributed by atoms with E-state index in [2.05, 4.69) is 18.8 Å². The molecule has 0 aromatic rings. The van der Waals surface area contributed by atoms with Gasteiger partial charge in [0.15, 0.2) is 0 Å². The van der Waals surface area contributed by atoms with Gasteiger partial charge in [0, 0.05) is 27.4 Å². The summed E-state index contributed by atoms with van der Waals surface area (Å²) in [6, 6.07) is 0.933. The van der Waals surface area contributed by atoms with E-state index in [1.54, 1.807) is 14.2 Å². The van der Waals surface area contributed by atoms with Gasteiger partial charge in [0.1, 0.15) is 6.61 Å². The first-order valence-electron chi connectivity index (χ1n) is 12.5. The molecule has 0 aliphatic carbocycles. The van der Waals surface area contributed by atoms with Gasteiger partial charge < -0.3 is 23.6 Å². The molecule has 0 aromatic heterocycles. The van der Waals surface area contributed by atoms with Gasteiger partial charge in [-0.1, -0.05) is 71.6 Å². The molecule has 0 aliphatic heterocycles. The van der Waals surface area contributed by atoms with Gasteiger partial charge in [-0.05, 0) is 32.0 Å². The molecule has 0 bridgehead atoms. The van der Waals surface area contributed by atoms with Gasteiger partial charge in [0.25, 0.3) is 0 Å². The number of esters is 1. The van der Waals surface area contributed by atoms with E-state index >= 15 is 0 Å². The Morgan fingerprint density at radius 1 is 0.839 bits per heavy atom. The Bertz CT molecular complexity index is 407. The van der Waals surface area contributed by atoms with Crippen LogP contribution in [0.3, 0.4) is 0 Å². The topological polar surface area (TPSA) is 66.0 Å². The third-order valence-corrected chi connectivity index (χ3v) is 8.80. The van der Waals surface area contributed by atoms with Crippen molar-refractivity contribution in [2.75, 3.05) is 47.1 Å². The van der Waals surface area contributed by atoms with Crippen molar-refractivity contribution in [2.45, 2.75) is 97.1 Å². The van der Waals surface area contributed by atoms with Gasteiger partial charge >= 0.3 is 14.5 Å². The first-order valence-corrected chi connectivity index (χ1v) is 15.1. The van der Waals surface area contributed by atoms with Gasteiger partial charge in [0.05, 0.1) is 12.5 Å². The second-order valence-electron chi connectivity index (χ2n) is 8.71. The molecule has 0 rings (SSSR count). The van der Waals surface area contributed by atoms with Crippen molar-refractivity contribution >= 4 is 14.5 Å². The zero-order valence-corrected chi connectivity index (χ0v) is 22.1. The summed E-state index contributed by atoms with van der Waals surface area (Å²) in [6.07, 6.45) is 14.2. The number of ether oxygens (including phenoxy) is 2. The molecule has 0 radical (unpaired) electrons. The zero-order valence-electron chi connectivity index (χ0n) is 21.1. The molecule has 0 spiro atoms. The largest absolute Gasteiger partial charge is 0.463 e. The van der Waals surface area contributed by atoms with Crippen molar-refractivity contribution in [2.24, 2.45) is 5.92 Å². The van der Waals surface area contributed by atoms with E-state index in [-0.39, 0.29) is 11.9 Å². The van der Waals surface area contributed by atoms with Crippen LogP contribution in [0.4, 0.5) is 0 Å². The first-order chi connectivity index (χ1) is 15.0. The van der Waals surface area contributed by atoms with E-state index in [0.29, 0.717) is 19.8 Å². The van der Waals surface area contributed by atoms with Crippen molar-refractivity contribution in [3.8, 4) is 0 Å². The van der Waals surface area contributed by atoms with Crippen LogP contribution in [0.15, 0.2) is 0 Å². The van der Waals surface area contributed by atoms with Crippen LogP contribution in [0.2, 0.25) is 12.6 Å². The maximum atomic E-state index is 12.0. The lowest BCUT2D eigenvalue weighted by atomic mass is 10.1. The lowest BCUT2D eigenvalue weighted by molar-refractivity contribution is -0.149. The number of hydrogen-bond donors (Lipinski definition) is 1. The molecule has 186 valence electrons. The van der Waals surface area contributed by atoms with Crippen molar-refractivity contribution in [3.63, 3.8) is 0 Å². The fourth-order valence-electron chi connectivity index (χ4n) is 3.36. The van der Waals surface area contributed by atoms with Crippen molar-refractivity contribution in [1.29, 1.82) is 0 Å². The summed E-state index contributed by atoms with van der Waals surface area (Å²) in [5.41, 5.74) is 0. The fraction of sp³-hybridized carbons (Fsp3) is 0.958. The van der Waals surface area contributed by atoms with E-state index in [4.69, 9.17) is 18.3 Å². The maximum Gasteiger partial charge on any atom is 0.334 e. The Kier molecular flexibility index (Phi) is 21.1. The number of carbonyl (C=O) groups excluding carboxylic acids is 1. The molecule has 0 aliphatic rings. The SMILES string of the molecule is CCCCCCCCCCCCOCCOC(=O)C(C)CNCCC[Si](C)(OC)OC. The highest BCUT2D eigenvalue weighted by molar-refractivity contribution is 6.65. The minimum absolute atomic E-state index is 0.157. The van der Waals surface area contributed by atoms with Crippen LogP contribution in [0.5, 0.6) is 0 Å². The number of unbranched alkanes of at least 4 members (excludes halogenated alkanes) is 9. The van der Waals surface area contributed by atoms with Gasteiger partial charge in [-0.2, -0.15) is 0 Å². The highest BCUT2D eigenvalue weighted by Crippen LogP contribution is 2.13. The third kappa shape index (κ3) is 18.8. The molecule has 0 fully saturated rings. The van der Waals surface area contributed by atoms with E-state index in [1.165, 1.54) is 57.8 Å². The molecule has 1 unspecified atom stereocenters. The van der Waals surface area contributed by atoms with Crippen molar-refractivity contribution < 1.29 is 23.1 Å². The standard InChI is InChI=1S/C24H51NO5Si/c1-6-7-8-9-10-11-12-13-14-15-18-29-19-20-30-24(26)23(2)22-25-17-16-21-31(5,27-3)28-4/h23,25H,6-22H2,1-5H3. The summed E-state index contributed by atoms with van der Waals surface area (Å²) < 4.78 is 21.8. The smallest absolute Gasteiger partial charge is 0.334 e. The Morgan fingerprint density at radius 2 is 1.42 bits per heavy atom. The molecule has 0 amide bonds. The maximum absolute atomic E-state index is 12.0. The molecular weight excluding hydrogens is 410 g/mol. The lowest BCUT2D eigenvalue weighted by Gasteiger charge is -2.22. The van der Waals surface area contributed by atoms with Gasteiger partial charge in [-0.25, -0.2) is 0 Å². The summed E-state index contributed by atoms with van der Waals surface area (Å²) in [5, 5.41) is 3.32. The number of nitrogens with one attached hydrogen (secondary N) is 1. The minimum Gasteiger partial charge on any atom is -0.463 e. The number of rotatable bonds is 23. The molecule has 1 N–H and O–H groups in total. The van der Waals surface area contributed by atoms with Crippen LogP contribution in [0, 0.1) is 5.92 Å². The highest BCUT2D eigenvalue weighted by Gasteiger charge is 2.27.